The first-order valence-electron chi connectivity index (χ1n) is 7.39. The van der Waals surface area contributed by atoms with E-state index < -0.39 is 0 Å². The molecule has 5 heteroatoms. The van der Waals surface area contributed by atoms with Crippen molar-refractivity contribution in [1.82, 2.24) is 4.98 Å². The van der Waals surface area contributed by atoms with E-state index in [2.05, 4.69) is 10.3 Å². The van der Waals surface area contributed by atoms with Crippen molar-refractivity contribution in [3.8, 4) is 17.4 Å². The summed E-state index contributed by atoms with van der Waals surface area (Å²) in [6.07, 6.45) is 1.58. The molecule has 24 heavy (non-hydrogen) atoms. The number of pyridine rings is 1. The summed E-state index contributed by atoms with van der Waals surface area (Å²) in [5.74, 6) is 1.34. The molecule has 5 nitrogen and oxygen atoms in total. The lowest BCUT2D eigenvalue weighted by Crippen LogP contribution is -2.13. The van der Waals surface area contributed by atoms with Crippen molar-refractivity contribution >= 4 is 11.6 Å². The number of nitrogens with zero attached hydrogens (tertiary/aromatic N) is 1. The monoisotopic (exact) mass is 320 g/mol. The molecule has 0 unspecified atom stereocenters. The van der Waals surface area contributed by atoms with Crippen LogP contribution in [-0.2, 0) is 0 Å². The molecule has 120 valence electrons. The topological polar surface area (TPSA) is 60.5 Å². The van der Waals surface area contributed by atoms with Gasteiger partial charge in [-0.15, -0.1) is 0 Å². The van der Waals surface area contributed by atoms with E-state index in [9.17, 15) is 4.79 Å². The highest BCUT2D eigenvalue weighted by Crippen LogP contribution is 2.23. The molecule has 0 aliphatic rings. The first kappa shape index (κ1) is 15.6. The zero-order chi connectivity index (χ0) is 16.8. The second kappa shape index (κ2) is 7.28. The fourth-order valence-corrected chi connectivity index (χ4v) is 2.18. The van der Waals surface area contributed by atoms with Gasteiger partial charge in [-0.2, -0.15) is 0 Å². The zero-order valence-corrected chi connectivity index (χ0v) is 13.1. The lowest BCUT2D eigenvalue weighted by atomic mass is 10.2. The standard InChI is InChI=1S/C19H16N2O3/c1-23-17-10-6-5-9-16(17)19(22)21-14-11-12-20-18(13-14)24-15-7-3-2-4-8-15/h2-13H,1H3,(H,20,21,22). The van der Waals surface area contributed by atoms with Crippen LogP contribution in [0.25, 0.3) is 0 Å². The van der Waals surface area contributed by atoms with E-state index in [1.54, 1.807) is 36.5 Å². The molecule has 0 aliphatic carbocycles. The minimum absolute atomic E-state index is 0.260. The summed E-state index contributed by atoms with van der Waals surface area (Å²) in [5, 5.41) is 2.82. The number of carbonyl (C=O) groups excluding carboxylic acids is 1. The first-order chi connectivity index (χ1) is 11.8. The third-order valence-electron chi connectivity index (χ3n) is 3.31. The smallest absolute Gasteiger partial charge is 0.259 e. The number of methoxy groups -OCH3 is 1. The fraction of sp³-hybridized carbons (Fsp3) is 0.0526. The lowest BCUT2D eigenvalue weighted by Gasteiger charge is -2.10. The summed E-state index contributed by atoms with van der Waals surface area (Å²) in [7, 11) is 1.53. The Bertz CT molecular complexity index is 835. The summed E-state index contributed by atoms with van der Waals surface area (Å²) in [5.41, 5.74) is 1.05. The minimum Gasteiger partial charge on any atom is -0.496 e. The van der Waals surface area contributed by atoms with E-state index in [0.29, 0.717) is 28.6 Å². The Kier molecular flexibility index (Phi) is 4.72. The molecule has 1 amide bonds. The molecule has 0 aliphatic heterocycles. The van der Waals surface area contributed by atoms with Crippen molar-refractivity contribution in [2.75, 3.05) is 12.4 Å². The van der Waals surface area contributed by atoms with Gasteiger partial charge in [-0.25, -0.2) is 4.98 Å². The number of nitrogens with one attached hydrogen (secondary N) is 1. The summed E-state index contributed by atoms with van der Waals surface area (Å²) >= 11 is 0. The third-order valence-corrected chi connectivity index (χ3v) is 3.31. The Morgan fingerprint density at radius 2 is 1.75 bits per heavy atom. The predicted octanol–water partition coefficient (Wildman–Crippen LogP) is 4.13. The quantitative estimate of drug-likeness (QED) is 0.767. The van der Waals surface area contributed by atoms with Gasteiger partial charge in [0.15, 0.2) is 0 Å². The SMILES string of the molecule is COc1ccccc1C(=O)Nc1ccnc(Oc2ccccc2)c1. The van der Waals surface area contributed by atoms with Gasteiger partial charge in [0.05, 0.1) is 12.7 Å². The first-order valence-corrected chi connectivity index (χ1v) is 7.39. The van der Waals surface area contributed by atoms with E-state index in [1.165, 1.54) is 7.11 Å². The van der Waals surface area contributed by atoms with Gasteiger partial charge in [0.2, 0.25) is 5.88 Å². The number of anilines is 1. The highest BCUT2D eigenvalue weighted by Gasteiger charge is 2.12. The molecule has 0 spiro atoms. The van der Waals surface area contributed by atoms with Crippen LogP contribution in [0.3, 0.4) is 0 Å². The van der Waals surface area contributed by atoms with Crippen molar-refractivity contribution in [3.05, 3.63) is 78.5 Å². The van der Waals surface area contributed by atoms with Crippen molar-refractivity contribution < 1.29 is 14.3 Å². The zero-order valence-electron chi connectivity index (χ0n) is 13.1. The Labute approximate surface area is 139 Å². The van der Waals surface area contributed by atoms with Crippen molar-refractivity contribution in [3.63, 3.8) is 0 Å². The largest absolute Gasteiger partial charge is 0.496 e. The third kappa shape index (κ3) is 3.70. The number of para-hydroxylation sites is 2. The van der Waals surface area contributed by atoms with Gasteiger partial charge in [-0.3, -0.25) is 4.79 Å². The summed E-state index contributed by atoms with van der Waals surface area (Å²) in [4.78, 5) is 16.6. The summed E-state index contributed by atoms with van der Waals surface area (Å²) in [6, 6.07) is 19.7. The normalized spacial score (nSPS) is 10.0. The van der Waals surface area contributed by atoms with Gasteiger partial charge in [0.25, 0.3) is 5.91 Å². The summed E-state index contributed by atoms with van der Waals surface area (Å²) < 4.78 is 10.9. The number of hydrogen-bond donors (Lipinski definition) is 1. The fourth-order valence-electron chi connectivity index (χ4n) is 2.18. The van der Waals surface area contributed by atoms with E-state index in [1.807, 2.05) is 36.4 Å². The molecule has 1 heterocycles. The molecule has 2 aromatic carbocycles. The molecule has 0 saturated heterocycles. The molecule has 0 saturated carbocycles. The van der Waals surface area contributed by atoms with Gasteiger partial charge >= 0.3 is 0 Å². The molecular weight excluding hydrogens is 304 g/mol. The predicted molar refractivity (Wildman–Crippen MR) is 91.7 cm³/mol. The average molecular weight is 320 g/mol. The second-order valence-electron chi connectivity index (χ2n) is 4.95. The number of ether oxygens (including phenoxy) is 2. The van der Waals surface area contributed by atoms with E-state index in [-0.39, 0.29) is 5.91 Å². The maximum absolute atomic E-state index is 12.4. The van der Waals surface area contributed by atoms with Gasteiger partial charge < -0.3 is 14.8 Å². The van der Waals surface area contributed by atoms with Gasteiger partial charge in [0, 0.05) is 18.0 Å². The highest BCUT2D eigenvalue weighted by molar-refractivity contribution is 6.06. The van der Waals surface area contributed by atoms with Gasteiger partial charge in [-0.05, 0) is 30.3 Å². The molecule has 0 atom stereocenters. The lowest BCUT2D eigenvalue weighted by molar-refractivity contribution is 0.102. The van der Waals surface area contributed by atoms with E-state index >= 15 is 0 Å². The van der Waals surface area contributed by atoms with Crippen LogP contribution in [-0.4, -0.2) is 18.0 Å². The average Bonchev–Trinajstić information content (AvgIpc) is 2.63. The molecule has 0 radical (unpaired) electrons. The molecular formula is C19H16N2O3. The number of amides is 1. The Hall–Kier alpha value is -3.34. The van der Waals surface area contributed by atoms with Crippen molar-refractivity contribution in [2.45, 2.75) is 0 Å². The van der Waals surface area contributed by atoms with Crippen LogP contribution < -0.4 is 14.8 Å². The Morgan fingerprint density at radius 1 is 1.00 bits per heavy atom. The van der Waals surface area contributed by atoms with E-state index in [4.69, 9.17) is 9.47 Å². The van der Waals surface area contributed by atoms with Crippen LogP contribution in [0.15, 0.2) is 72.9 Å². The van der Waals surface area contributed by atoms with Crippen LogP contribution in [0.2, 0.25) is 0 Å². The van der Waals surface area contributed by atoms with Crippen LogP contribution in [0.4, 0.5) is 5.69 Å². The maximum Gasteiger partial charge on any atom is 0.259 e. The summed E-state index contributed by atoms with van der Waals surface area (Å²) in [6.45, 7) is 0. The molecule has 1 aromatic heterocycles. The minimum atomic E-state index is -0.260. The Balaban J connectivity index is 1.76. The van der Waals surface area contributed by atoms with Crippen molar-refractivity contribution in [2.24, 2.45) is 0 Å². The molecule has 0 bridgehead atoms. The number of aromatic nitrogens is 1. The Morgan fingerprint density at radius 3 is 2.54 bits per heavy atom. The number of carbonyl (C=O) groups is 1. The van der Waals surface area contributed by atoms with Crippen LogP contribution in [0.5, 0.6) is 17.4 Å². The van der Waals surface area contributed by atoms with Crippen molar-refractivity contribution in [1.29, 1.82) is 0 Å². The molecule has 0 fully saturated rings. The maximum atomic E-state index is 12.4. The highest BCUT2D eigenvalue weighted by atomic mass is 16.5. The number of rotatable bonds is 5. The number of hydrogen-bond acceptors (Lipinski definition) is 4. The van der Waals surface area contributed by atoms with Crippen LogP contribution in [0, 0.1) is 0 Å². The van der Waals surface area contributed by atoms with E-state index in [0.717, 1.165) is 0 Å². The second-order valence-corrected chi connectivity index (χ2v) is 4.95. The number of benzene rings is 2. The van der Waals surface area contributed by atoms with Crippen LogP contribution in [0.1, 0.15) is 10.4 Å². The molecule has 1 N–H and O–H groups in total. The molecule has 3 aromatic rings. The van der Waals surface area contributed by atoms with Gasteiger partial charge in [0.1, 0.15) is 11.5 Å². The molecule has 3 rings (SSSR count). The van der Waals surface area contributed by atoms with Gasteiger partial charge in [-0.1, -0.05) is 30.3 Å². The van der Waals surface area contributed by atoms with Crippen LogP contribution >= 0.6 is 0 Å².